The van der Waals surface area contributed by atoms with Crippen LogP contribution in [0.4, 0.5) is 4.79 Å². The molecule has 0 unspecified atom stereocenters. The van der Waals surface area contributed by atoms with Crippen molar-refractivity contribution in [3.8, 4) is 0 Å². The Morgan fingerprint density at radius 2 is 1.57 bits per heavy atom. The fourth-order valence-electron chi connectivity index (χ4n) is 10.1. The lowest BCUT2D eigenvalue weighted by Crippen LogP contribution is -2.81. The average molecular weight is 832 g/mol. The molecule has 324 valence electrons. The highest BCUT2D eigenvalue weighted by molar-refractivity contribution is 5.94. The Kier molecular flexibility index (Phi) is 11.2. The first-order valence-electron chi connectivity index (χ1n) is 20.6. The molecule has 2 aromatic rings. The van der Waals surface area contributed by atoms with Gasteiger partial charge in [0.15, 0.2) is 17.5 Å². The van der Waals surface area contributed by atoms with Crippen molar-refractivity contribution in [1.82, 2.24) is 5.32 Å². The summed E-state index contributed by atoms with van der Waals surface area (Å²) >= 11 is 0. The molecule has 60 heavy (non-hydrogen) atoms. The van der Waals surface area contributed by atoms with Crippen LogP contribution in [0.1, 0.15) is 103 Å². The highest BCUT2D eigenvalue weighted by Gasteiger charge is 2.78. The van der Waals surface area contributed by atoms with Crippen LogP contribution in [0, 0.1) is 16.7 Å². The molecule has 0 aromatic heterocycles. The summed E-state index contributed by atoms with van der Waals surface area (Å²) in [6.45, 7) is 13.0. The van der Waals surface area contributed by atoms with Crippen LogP contribution in [0.2, 0.25) is 0 Å². The molecular formula is C46H57NO13. The smallest absolute Gasteiger partial charge is 0.408 e. The molecule has 1 aliphatic heterocycles. The lowest BCUT2D eigenvalue weighted by molar-refractivity contribution is -0.347. The fourth-order valence-corrected chi connectivity index (χ4v) is 10.1. The molecule has 1 heterocycles. The Balaban J connectivity index is 1.35. The number of allylic oxidation sites excluding steroid dienone is 2. The van der Waals surface area contributed by atoms with E-state index in [1.54, 1.807) is 102 Å². The maximum atomic E-state index is 15.2. The molecule has 3 saturated carbocycles. The van der Waals surface area contributed by atoms with Crippen LogP contribution in [0.3, 0.4) is 0 Å². The van der Waals surface area contributed by atoms with Crippen molar-refractivity contribution >= 4 is 23.8 Å². The number of Topliss-reactive ketones (excluding diaryl/α,β-unsaturated/α-hetero) is 1. The zero-order chi connectivity index (χ0) is 43.7. The van der Waals surface area contributed by atoms with Crippen molar-refractivity contribution in [3.05, 3.63) is 94.3 Å². The van der Waals surface area contributed by atoms with Crippen LogP contribution in [-0.2, 0) is 33.3 Å². The van der Waals surface area contributed by atoms with Gasteiger partial charge in [0.2, 0.25) is 0 Å². The minimum Gasteiger partial charge on any atom is -0.486 e. The van der Waals surface area contributed by atoms with Gasteiger partial charge in [-0.25, -0.2) is 14.4 Å². The predicted octanol–water partition coefficient (Wildman–Crippen LogP) is 4.78. The maximum Gasteiger partial charge on any atom is 0.408 e. The molecule has 1 saturated heterocycles. The highest BCUT2D eigenvalue weighted by Crippen LogP contribution is 2.64. The number of hydrogen-bond donors (Lipinski definition) is 5. The van der Waals surface area contributed by atoms with Gasteiger partial charge in [0.05, 0.1) is 41.4 Å². The summed E-state index contributed by atoms with van der Waals surface area (Å²) in [7, 11) is 0. The van der Waals surface area contributed by atoms with Crippen LogP contribution in [0.25, 0.3) is 0 Å². The summed E-state index contributed by atoms with van der Waals surface area (Å²) in [5.74, 6) is -3.54. The van der Waals surface area contributed by atoms with Gasteiger partial charge in [-0.3, -0.25) is 4.79 Å². The Morgan fingerprint density at radius 1 is 0.950 bits per heavy atom. The number of hydrogen-bond acceptors (Lipinski definition) is 13. The number of carbonyl (C=O) groups excluding carboxylic acids is 4. The van der Waals surface area contributed by atoms with E-state index in [2.05, 4.69) is 5.32 Å². The number of rotatable bonds is 9. The predicted molar refractivity (Wildman–Crippen MR) is 215 cm³/mol. The monoisotopic (exact) mass is 831 g/mol. The lowest BCUT2D eigenvalue weighted by Gasteiger charge is -2.67. The van der Waals surface area contributed by atoms with Crippen molar-refractivity contribution in [2.24, 2.45) is 16.7 Å². The maximum absolute atomic E-state index is 15.2. The van der Waals surface area contributed by atoms with E-state index in [1.165, 1.54) is 6.92 Å². The second-order valence-corrected chi connectivity index (χ2v) is 18.7. The number of amides is 1. The molecule has 7 rings (SSSR count). The van der Waals surface area contributed by atoms with E-state index in [0.717, 1.165) is 18.4 Å². The zero-order valence-electron chi connectivity index (χ0n) is 35.4. The van der Waals surface area contributed by atoms with E-state index < -0.39 is 106 Å². The number of esters is 2. The average Bonchev–Trinajstić information content (AvgIpc) is 4.04. The summed E-state index contributed by atoms with van der Waals surface area (Å²) in [6, 6.07) is 15.1. The van der Waals surface area contributed by atoms with Crippen molar-refractivity contribution in [1.29, 1.82) is 0 Å². The molecule has 2 aromatic carbocycles. The summed E-state index contributed by atoms with van der Waals surface area (Å²) in [5, 5.41) is 52.2. The van der Waals surface area contributed by atoms with Gasteiger partial charge in [0, 0.05) is 18.3 Å². The van der Waals surface area contributed by atoms with Crippen LogP contribution in [0.15, 0.2) is 83.1 Å². The van der Waals surface area contributed by atoms with Gasteiger partial charge in [0.1, 0.15) is 35.6 Å². The van der Waals surface area contributed by atoms with Crippen molar-refractivity contribution in [2.45, 2.75) is 141 Å². The molecule has 4 aliphatic carbocycles. The van der Waals surface area contributed by atoms with E-state index in [0.29, 0.717) is 11.3 Å². The molecule has 14 heteroatoms. The molecule has 14 nitrogen and oxygen atoms in total. The minimum atomic E-state index is -2.25. The van der Waals surface area contributed by atoms with E-state index in [9.17, 15) is 34.8 Å². The number of fused-ring (bicyclic) bond motifs is 5. The van der Waals surface area contributed by atoms with Crippen molar-refractivity contribution < 1.29 is 63.3 Å². The number of alkyl carbamates (subject to hydrolysis) is 1. The highest BCUT2D eigenvalue weighted by atomic mass is 16.6. The van der Waals surface area contributed by atoms with E-state index >= 15 is 4.79 Å². The molecular weight excluding hydrogens is 774 g/mol. The summed E-state index contributed by atoms with van der Waals surface area (Å²) in [4.78, 5) is 56.6. The van der Waals surface area contributed by atoms with Gasteiger partial charge in [-0.15, -0.1) is 0 Å². The molecule has 5 aliphatic rings. The zero-order valence-corrected chi connectivity index (χ0v) is 35.4. The number of ketones is 1. The second kappa shape index (κ2) is 15.4. The third-order valence-electron chi connectivity index (χ3n) is 13.6. The molecule has 1 amide bonds. The van der Waals surface area contributed by atoms with Gasteiger partial charge in [-0.05, 0) is 88.8 Å². The summed E-state index contributed by atoms with van der Waals surface area (Å²) < 4.78 is 30.9. The molecule has 2 bridgehead atoms. The van der Waals surface area contributed by atoms with Crippen molar-refractivity contribution in [3.63, 3.8) is 0 Å². The lowest BCUT2D eigenvalue weighted by atomic mass is 9.44. The number of ether oxygens (including phenoxy) is 5. The van der Waals surface area contributed by atoms with E-state index in [1.807, 2.05) is 6.92 Å². The van der Waals surface area contributed by atoms with Crippen molar-refractivity contribution in [2.75, 3.05) is 6.61 Å². The normalized spacial score (nSPS) is 33.9. The standard InChI is InChI=1S/C46H57NO13/c1-24-29(57-40(53)35(50)33(27-15-11-9-12-16-27)47-41(54)60-42(3,4)5)22-46(55)38(58-39(52)28-17-13-10-14-18-28)36-44(8,37(51)34(49)32(24)43(46,6)7)30(48)21-31-45(36,23-56-31)59-25(2)26-19-20-26/h9-18,29-31,33-36,38,48-50,55H,19-23H2,1-8H3,(H,47,54)/t29-,30-,31+,33-,34+,35+,36-,38-,44+,45-,46-/m0/s1. The van der Waals surface area contributed by atoms with Crippen LogP contribution < -0.4 is 5.32 Å². The quantitative estimate of drug-likeness (QED) is 0.1000. The SMILES string of the molecule is CC(O[C@@]12CO[C@@H]1C[C@H](O)[C@@]1(C)C(=O)[C@H](O)C3=C(C)[C@@H](OC(=O)[C@H](O)[C@@H](NC(=O)OC(C)(C)C)c4ccccc4)C[C@](O)([C@@H](OC(=O)c4ccccc4)[C@H]21)C3(C)C)=C1CC1. The first-order valence-corrected chi connectivity index (χ1v) is 20.6. The minimum absolute atomic E-state index is 0.00546. The van der Waals surface area contributed by atoms with Gasteiger partial charge < -0.3 is 49.4 Å². The molecule has 5 N–H and O–H groups in total. The van der Waals surface area contributed by atoms with Crippen LogP contribution in [-0.4, -0.2) is 104 Å². The molecule has 11 atom stereocenters. The fraction of sp³-hybridized carbons (Fsp3) is 0.565. The first kappa shape index (κ1) is 43.5. The Hall–Kier alpha value is -4.60. The summed E-state index contributed by atoms with van der Waals surface area (Å²) in [6.07, 6.45) is -8.98. The molecule has 4 fully saturated rings. The van der Waals surface area contributed by atoms with Gasteiger partial charge in [0.25, 0.3) is 0 Å². The number of benzene rings is 2. The van der Waals surface area contributed by atoms with Gasteiger partial charge in [-0.1, -0.05) is 62.4 Å². The van der Waals surface area contributed by atoms with Crippen LogP contribution >= 0.6 is 0 Å². The Bertz CT molecular complexity index is 2090. The topological polar surface area (TPSA) is 207 Å². The number of nitrogens with one attached hydrogen (secondary N) is 1. The van der Waals surface area contributed by atoms with Crippen LogP contribution in [0.5, 0.6) is 0 Å². The third-order valence-corrected chi connectivity index (χ3v) is 13.6. The van der Waals surface area contributed by atoms with Gasteiger partial charge >= 0.3 is 18.0 Å². The largest absolute Gasteiger partial charge is 0.486 e. The number of aliphatic hydroxyl groups excluding tert-OH is 3. The third kappa shape index (κ3) is 7.23. The Morgan fingerprint density at radius 3 is 2.13 bits per heavy atom. The van der Waals surface area contributed by atoms with E-state index in [4.69, 9.17) is 23.7 Å². The Labute approximate surface area is 349 Å². The first-order chi connectivity index (χ1) is 28.1. The molecule has 0 spiro atoms. The number of carbonyl (C=O) groups is 4. The molecule has 0 radical (unpaired) electrons. The number of aliphatic hydroxyl groups is 4. The summed E-state index contributed by atoms with van der Waals surface area (Å²) in [5.41, 5.74) is -6.21. The van der Waals surface area contributed by atoms with Gasteiger partial charge in [-0.2, -0.15) is 0 Å². The second-order valence-electron chi connectivity index (χ2n) is 18.7. The van der Waals surface area contributed by atoms with E-state index in [-0.39, 0.29) is 29.7 Å².